The number of ether oxygens (including phenoxy) is 1. The Morgan fingerprint density at radius 1 is 0.971 bits per heavy atom. The Labute approximate surface area is 212 Å². The van der Waals surface area contributed by atoms with Gasteiger partial charge in [-0.25, -0.2) is 4.98 Å². The molecule has 0 radical (unpaired) electrons. The standard InChI is InChI=1S/C29H32ClN3O2/c1-22-11-9-12-23(21-22)35-20-10-19-33-27-16-7-6-15-26(27)32-28(33)17-3-2-8-18-31-29(34)24-13-4-5-14-25(24)30/h4-7,9,11-16,21H,2-3,8,10,17-20H2,1H3,(H,31,34). The van der Waals surface area contributed by atoms with E-state index in [-0.39, 0.29) is 5.91 Å². The summed E-state index contributed by atoms with van der Waals surface area (Å²) in [5, 5.41) is 3.44. The highest BCUT2D eigenvalue weighted by molar-refractivity contribution is 6.33. The molecule has 0 aliphatic carbocycles. The van der Waals surface area contributed by atoms with Crippen LogP contribution in [0.4, 0.5) is 0 Å². The lowest BCUT2D eigenvalue weighted by Gasteiger charge is -2.11. The number of hydrogen-bond acceptors (Lipinski definition) is 3. The minimum absolute atomic E-state index is 0.120. The first-order chi connectivity index (χ1) is 17.1. The number of aromatic nitrogens is 2. The molecule has 3 aromatic carbocycles. The van der Waals surface area contributed by atoms with Gasteiger partial charge in [0.05, 0.1) is 28.2 Å². The highest BCUT2D eigenvalue weighted by Crippen LogP contribution is 2.19. The van der Waals surface area contributed by atoms with Crippen molar-refractivity contribution in [1.82, 2.24) is 14.9 Å². The van der Waals surface area contributed by atoms with Crippen molar-refractivity contribution in [3.63, 3.8) is 0 Å². The number of halogens is 1. The SMILES string of the molecule is Cc1cccc(OCCCn2c(CCCCCNC(=O)c3ccccc3Cl)nc3ccccc32)c1. The summed E-state index contributed by atoms with van der Waals surface area (Å²) >= 11 is 6.10. The van der Waals surface area contributed by atoms with E-state index in [4.69, 9.17) is 21.3 Å². The van der Waals surface area contributed by atoms with Crippen molar-refractivity contribution >= 4 is 28.5 Å². The van der Waals surface area contributed by atoms with E-state index < -0.39 is 0 Å². The summed E-state index contributed by atoms with van der Waals surface area (Å²) in [6.45, 7) is 4.25. The maximum atomic E-state index is 12.3. The van der Waals surface area contributed by atoms with Crippen LogP contribution in [-0.2, 0) is 13.0 Å². The third-order valence-electron chi connectivity index (χ3n) is 6.00. The molecular weight excluding hydrogens is 458 g/mol. The van der Waals surface area contributed by atoms with Gasteiger partial charge < -0.3 is 14.6 Å². The third-order valence-corrected chi connectivity index (χ3v) is 6.33. The summed E-state index contributed by atoms with van der Waals surface area (Å²) in [6, 6.07) is 23.6. The van der Waals surface area contributed by atoms with E-state index in [1.807, 2.05) is 30.3 Å². The highest BCUT2D eigenvalue weighted by Gasteiger charge is 2.11. The molecular formula is C29H32ClN3O2. The van der Waals surface area contributed by atoms with Gasteiger partial charge in [-0.2, -0.15) is 0 Å². The maximum absolute atomic E-state index is 12.3. The molecule has 182 valence electrons. The van der Waals surface area contributed by atoms with E-state index >= 15 is 0 Å². The molecule has 0 spiro atoms. The van der Waals surface area contributed by atoms with Gasteiger partial charge >= 0.3 is 0 Å². The lowest BCUT2D eigenvalue weighted by Crippen LogP contribution is -2.24. The van der Waals surface area contributed by atoms with Gasteiger partial charge in [-0.05, 0) is 68.1 Å². The maximum Gasteiger partial charge on any atom is 0.252 e. The molecule has 0 fully saturated rings. The first kappa shape index (κ1) is 24.8. The fourth-order valence-electron chi connectivity index (χ4n) is 4.21. The van der Waals surface area contributed by atoms with Gasteiger partial charge in [0, 0.05) is 19.5 Å². The van der Waals surface area contributed by atoms with E-state index in [1.165, 1.54) is 11.1 Å². The van der Waals surface area contributed by atoms with Crippen LogP contribution in [0.1, 0.15) is 47.4 Å². The highest BCUT2D eigenvalue weighted by atomic mass is 35.5. The Morgan fingerprint density at radius 3 is 2.66 bits per heavy atom. The van der Waals surface area contributed by atoms with Crippen LogP contribution in [0.2, 0.25) is 5.02 Å². The van der Waals surface area contributed by atoms with Crippen molar-refractivity contribution in [2.75, 3.05) is 13.2 Å². The molecule has 0 unspecified atom stereocenters. The lowest BCUT2D eigenvalue weighted by atomic mass is 10.1. The van der Waals surface area contributed by atoms with Crippen molar-refractivity contribution in [1.29, 1.82) is 0 Å². The number of unbranched alkanes of at least 4 members (excludes halogenated alkanes) is 2. The first-order valence-electron chi connectivity index (χ1n) is 12.3. The molecule has 4 aromatic rings. The molecule has 0 saturated heterocycles. The number of fused-ring (bicyclic) bond motifs is 1. The lowest BCUT2D eigenvalue weighted by molar-refractivity contribution is 0.0953. The van der Waals surface area contributed by atoms with Crippen molar-refractivity contribution < 1.29 is 9.53 Å². The van der Waals surface area contributed by atoms with Crippen LogP contribution >= 0.6 is 11.6 Å². The number of nitrogens with zero attached hydrogens (tertiary/aromatic N) is 2. The number of benzene rings is 3. The Balaban J connectivity index is 1.25. The third kappa shape index (κ3) is 6.86. The summed E-state index contributed by atoms with van der Waals surface area (Å²) in [6.07, 6.45) is 4.77. The molecule has 6 heteroatoms. The Hall–Kier alpha value is -3.31. The van der Waals surface area contributed by atoms with Gasteiger partial charge in [-0.1, -0.05) is 54.4 Å². The Bertz CT molecular complexity index is 1270. The summed E-state index contributed by atoms with van der Waals surface area (Å²) in [5.74, 6) is 1.91. The summed E-state index contributed by atoms with van der Waals surface area (Å²) in [5.41, 5.74) is 3.93. The molecule has 0 aliphatic rings. The second kappa shape index (κ2) is 12.4. The molecule has 5 nitrogen and oxygen atoms in total. The summed E-state index contributed by atoms with van der Waals surface area (Å²) < 4.78 is 8.27. The number of para-hydroxylation sites is 2. The molecule has 0 atom stereocenters. The van der Waals surface area contributed by atoms with Crippen molar-refractivity contribution in [3.05, 3.63) is 94.8 Å². The van der Waals surface area contributed by atoms with Crippen LogP contribution in [0.25, 0.3) is 11.0 Å². The number of rotatable bonds is 12. The summed E-state index contributed by atoms with van der Waals surface area (Å²) in [4.78, 5) is 17.2. The van der Waals surface area contributed by atoms with Crippen molar-refractivity contribution in [3.8, 4) is 5.75 Å². The number of nitrogens with one attached hydrogen (secondary N) is 1. The number of amides is 1. The second-order valence-electron chi connectivity index (χ2n) is 8.73. The monoisotopic (exact) mass is 489 g/mol. The normalized spacial score (nSPS) is 11.0. The first-order valence-corrected chi connectivity index (χ1v) is 12.7. The van der Waals surface area contributed by atoms with Gasteiger partial charge in [-0.3, -0.25) is 4.79 Å². The zero-order valence-corrected chi connectivity index (χ0v) is 20.9. The predicted molar refractivity (Wildman–Crippen MR) is 142 cm³/mol. The molecule has 1 heterocycles. The minimum atomic E-state index is -0.120. The van der Waals surface area contributed by atoms with Crippen LogP contribution in [0.3, 0.4) is 0 Å². The Kier molecular flexibility index (Phi) is 8.79. The van der Waals surface area contributed by atoms with E-state index in [2.05, 4.69) is 47.1 Å². The van der Waals surface area contributed by atoms with E-state index in [1.54, 1.807) is 12.1 Å². The molecule has 35 heavy (non-hydrogen) atoms. The van der Waals surface area contributed by atoms with Crippen LogP contribution in [0.5, 0.6) is 5.75 Å². The van der Waals surface area contributed by atoms with E-state index in [0.29, 0.717) is 23.7 Å². The van der Waals surface area contributed by atoms with Gasteiger partial charge in [0.1, 0.15) is 11.6 Å². The van der Waals surface area contributed by atoms with E-state index in [9.17, 15) is 4.79 Å². The number of hydrogen-bond donors (Lipinski definition) is 1. The molecule has 0 saturated carbocycles. The van der Waals surface area contributed by atoms with Crippen LogP contribution in [-0.4, -0.2) is 28.6 Å². The van der Waals surface area contributed by atoms with Crippen LogP contribution in [0, 0.1) is 6.92 Å². The number of aryl methyl sites for hydroxylation is 3. The molecule has 1 N–H and O–H groups in total. The van der Waals surface area contributed by atoms with Gasteiger partial charge in [0.15, 0.2) is 0 Å². The Morgan fingerprint density at radius 2 is 1.80 bits per heavy atom. The largest absolute Gasteiger partial charge is 0.494 e. The molecule has 0 bridgehead atoms. The molecule has 1 amide bonds. The average molecular weight is 490 g/mol. The topological polar surface area (TPSA) is 56.1 Å². The fourth-order valence-corrected chi connectivity index (χ4v) is 4.43. The number of carbonyl (C=O) groups excluding carboxylic acids is 1. The van der Waals surface area contributed by atoms with Crippen molar-refractivity contribution in [2.24, 2.45) is 0 Å². The van der Waals surface area contributed by atoms with Gasteiger partial charge in [-0.15, -0.1) is 0 Å². The quantitative estimate of drug-likeness (QED) is 0.228. The van der Waals surface area contributed by atoms with Gasteiger partial charge in [0.2, 0.25) is 0 Å². The zero-order chi connectivity index (χ0) is 24.5. The number of imidazole rings is 1. The zero-order valence-electron chi connectivity index (χ0n) is 20.2. The molecule has 0 aliphatic heterocycles. The predicted octanol–water partition coefficient (Wildman–Crippen LogP) is 6.61. The van der Waals surface area contributed by atoms with E-state index in [0.717, 1.165) is 55.7 Å². The summed E-state index contributed by atoms with van der Waals surface area (Å²) in [7, 11) is 0. The van der Waals surface area contributed by atoms with Crippen LogP contribution in [0.15, 0.2) is 72.8 Å². The molecule has 1 aromatic heterocycles. The second-order valence-corrected chi connectivity index (χ2v) is 9.14. The number of carbonyl (C=O) groups is 1. The fraction of sp³-hybridized carbons (Fsp3) is 0.310. The minimum Gasteiger partial charge on any atom is -0.494 e. The molecule has 4 rings (SSSR count). The van der Waals surface area contributed by atoms with Gasteiger partial charge in [0.25, 0.3) is 5.91 Å². The van der Waals surface area contributed by atoms with Crippen molar-refractivity contribution in [2.45, 2.75) is 45.6 Å². The van der Waals surface area contributed by atoms with Crippen LogP contribution < -0.4 is 10.1 Å². The average Bonchev–Trinajstić information content (AvgIpc) is 3.21. The smallest absolute Gasteiger partial charge is 0.252 e.